The molecule has 0 amide bonds. The van der Waals surface area contributed by atoms with E-state index in [4.69, 9.17) is 15.1 Å². The van der Waals surface area contributed by atoms with Gasteiger partial charge >= 0.3 is 5.69 Å². The molecular formula is C11H14N4O3. The normalized spacial score (nSPS) is 26.8. The molecule has 3 unspecified atom stereocenters. The molecule has 3 atom stereocenters. The lowest BCUT2D eigenvalue weighted by Gasteiger charge is -2.16. The van der Waals surface area contributed by atoms with E-state index in [1.807, 2.05) is 0 Å². The van der Waals surface area contributed by atoms with Gasteiger partial charge < -0.3 is 15.2 Å². The van der Waals surface area contributed by atoms with Crippen LogP contribution in [0.15, 0.2) is 17.1 Å². The van der Waals surface area contributed by atoms with E-state index in [0.717, 1.165) is 0 Å². The fourth-order valence-electron chi connectivity index (χ4n) is 1.99. The van der Waals surface area contributed by atoms with E-state index in [-0.39, 0.29) is 6.61 Å². The fraction of sp³-hybridized carbons (Fsp3) is 0.545. The first-order valence-electron chi connectivity index (χ1n) is 5.62. The molecule has 7 nitrogen and oxygen atoms in total. The highest BCUT2D eigenvalue weighted by molar-refractivity contribution is 5.30. The van der Waals surface area contributed by atoms with Gasteiger partial charge in [0.15, 0.2) is 6.23 Å². The molecule has 1 aliphatic rings. The summed E-state index contributed by atoms with van der Waals surface area (Å²) in [5.74, 6) is 0.00329. The molecule has 18 heavy (non-hydrogen) atoms. The summed E-state index contributed by atoms with van der Waals surface area (Å²) in [6.45, 7) is -0.161. The molecule has 0 spiro atoms. The Bertz CT molecular complexity index is 522. The van der Waals surface area contributed by atoms with Crippen molar-refractivity contribution in [1.29, 1.82) is 5.26 Å². The number of hydrogen-bond donors (Lipinski definition) is 2. The zero-order valence-electron chi connectivity index (χ0n) is 9.91. The van der Waals surface area contributed by atoms with Crippen LogP contribution in [0.4, 0.5) is 5.82 Å². The van der Waals surface area contributed by atoms with E-state index in [9.17, 15) is 4.79 Å². The zero-order valence-corrected chi connectivity index (χ0v) is 9.91. The van der Waals surface area contributed by atoms with Gasteiger partial charge in [0.1, 0.15) is 5.82 Å². The third-order valence-corrected chi connectivity index (χ3v) is 2.92. The molecule has 0 aromatic carbocycles. The van der Waals surface area contributed by atoms with E-state index in [1.54, 1.807) is 13.1 Å². The van der Waals surface area contributed by atoms with Crippen LogP contribution in [-0.4, -0.2) is 34.4 Å². The standard InChI is InChI=1S/C11H14N4O3/c1-13-9-2-3-15(11(17)14-9)10-7(5-12)4-8(6-16)18-10/h2-3,7-8,10,16H,4,6H2,1H3,(H,13,14,17). The minimum Gasteiger partial charge on any atom is -0.394 e. The average molecular weight is 250 g/mol. The lowest BCUT2D eigenvalue weighted by molar-refractivity contribution is -0.0304. The number of rotatable bonds is 3. The number of aromatic nitrogens is 2. The number of hydrogen-bond acceptors (Lipinski definition) is 6. The third kappa shape index (κ3) is 2.20. The van der Waals surface area contributed by atoms with Crippen molar-refractivity contribution < 1.29 is 9.84 Å². The topological polar surface area (TPSA) is 100 Å². The Morgan fingerprint density at radius 2 is 2.56 bits per heavy atom. The van der Waals surface area contributed by atoms with Gasteiger partial charge in [-0.25, -0.2) is 4.79 Å². The monoisotopic (exact) mass is 250 g/mol. The van der Waals surface area contributed by atoms with Crippen molar-refractivity contribution in [2.24, 2.45) is 5.92 Å². The quantitative estimate of drug-likeness (QED) is 0.764. The van der Waals surface area contributed by atoms with Crippen molar-refractivity contribution in [2.45, 2.75) is 18.8 Å². The first kappa shape index (κ1) is 12.5. The number of nitrogens with one attached hydrogen (secondary N) is 1. The molecule has 7 heteroatoms. The number of ether oxygens (including phenoxy) is 1. The van der Waals surface area contributed by atoms with E-state index >= 15 is 0 Å². The van der Waals surface area contributed by atoms with Gasteiger partial charge in [-0.3, -0.25) is 4.57 Å². The molecule has 0 bridgehead atoms. The highest BCUT2D eigenvalue weighted by Gasteiger charge is 2.36. The van der Waals surface area contributed by atoms with Crippen LogP contribution in [0.3, 0.4) is 0 Å². The highest BCUT2D eigenvalue weighted by Crippen LogP contribution is 2.32. The minimum atomic E-state index is -0.682. The number of aliphatic hydroxyl groups excluding tert-OH is 1. The molecule has 0 aliphatic carbocycles. The smallest absolute Gasteiger partial charge is 0.351 e. The van der Waals surface area contributed by atoms with Crippen LogP contribution >= 0.6 is 0 Å². The summed E-state index contributed by atoms with van der Waals surface area (Å²) in [5.41, 5.74) is -0.481. The first-order valence-corrected chi connectivity index (χ1v) is 5.62. The molecule has 2 heterocycles. The predicted octanol–water partition coefficient (Wildman–Crippen LogP) is -0.295. The van der Waals surface area contributed by atoms with E-state index in [2.05, 4.69) is 16.4 Å². The SMILES string of the molecule is CNc1ccn(C2OC(CO)CC2C#N)c(=O)n1. The second-order valence-electron chi connectivity index (χ2n) is 4.06. The van der Waals surface area contributed by atoms with Gasteiger partial charge in [0.2, 0.25) is 0 Å². The molecule has 1 aliphatic heterocycles. The maximum absolute atomic E-state index is 11.8. The summed E-state index contributed by atoms with van der Waals surface area (Å²) in [4.78, 5) is 15.6. The highest BCUT2D eigenvalue weighted by atomic mass is 16.5. The Morgan fingerprint density at radius 3 is 3.11 bits per heavy atom. The minimum absolute atomic E-state index is 0.161. The van der Waals surface area contributed by atoms with Gasteiger partial charge in [-0.2, -0.15) is 10.2 Å². The largest absolute Gasteiger partial charge is 0.394 e. The van der Waals surface area contributed by atoms with Crippen LogP contribution in [0.5, 0.6) is 0 Å². The summed E-state index contributed by atoms with van der Waals surface area (Å²) in [6.07, 6.45) is 0.863. The van der Waals surface area contributed by atoms with Crippen LogP contribution in [0.25, 0.3) is 0 Å². The van der Waals surface area contributed by atoms with Crippen molar-refractivity contribution >= 4 is 5.82 Å². The van der Waals surface area contributed by atoms with Gasteiger partial charge in [-0.1, -0.05) is 0 Å². The molecule has 96 valence electrons. The van der Waals surface area contributed by atoms with Crippen LogP contribution in [0, 0.1) is 17.2 Å². The van der Waals surface area contributed by atoms with Crippen molar-refractivity contribution in [3.63, 3.8) is 0 Å². The van der Waals surface area contributed by atoms with E-state index in [1.165, 1.54) is 10.8 Å². The summed E-state index contributed by atoms with van der Waals surface area (Å²) in [7, 11) is 1.66. The molecule has 0 radical (unpaired) electrons. The molecule has 1 aromatic heterocycles. The third-order valence-electron chi connectivity index (χ3n) is 2.92. The summed E-state index contributed by atoms with van der Waals surface area (Å²) in [6, 6.07) is 3.72. The van der Waals surface area contributed by atoms with E-state index < -0.39 is 23.9 Å². The Hall–Kier alpha value is -1.91. The molecule has 1 fully saturated rings. The molecule has 2 rings (SSSR count). The molecular weight excluding hydrogens is 236 g/mol. The lowest BCUT2D eigenvalue weighted by Crippen LogP contribution is -2.29. The van der Waals surface area contributed by atoms with Crippen LogP contribution in [-0.2, 0) is 4.74 Å². The zero-order chi connectivity index (χ0) is 13.1. The summed E-state index contributed by atoms with van der Waals surface area (Å²) < 4.78 is 6.77. The average Bonchev–Trinajstić information content (AvgIpc) is 2.81. The second kappa shape index (κ2) is 5.16. The van der Waals surface area contributed by atoms with Crippen molar-refractivity contribution in [2.75, 3.05) is 19.0 Å². The molecule has 1 aromatic rings. The molecule has 2 N–H and O–H groups in total. The van der Waals surface area contributed by atoms with Crippen molar-refractivity contribution in [1.82, 2.24) is 9.55 Å². The number of anilines is 1. The summed E-state index contributed by atoms with van der Waals surface area (Å²) >= 11 is 0. The first-order chi connectivity index (χ1) is 8.69. The Balaban J connectivity index is 2.31. The van der Waals surface area contributed by atoms with Gasteiger partial charge in [0.05, 0.1) is 24.7 Å². The van der Waals surface area contributed by atoms with Crippen LogP contribution in [0.2, 0.25) is 0 Å². The van der Waals surface area contributed by atoms with Gasteiger partial charge in [-0.15, -0.1) is 0 Å². The Morgan fingerprint density at radius 1 is 1.78 bits per heavy atom. The van der Waals surface area contributed by atoms with Gasteiger partial charge in [0.25, 0.3) is 0 Å². The van der Waals surface area contributed by atoms with Crippen LogP contribution < -0.4 is 11.0 Å². The maximum Gasteiger partial charge on any atom is 0.351 e. The molecule has 1 saturated heterocycles. The number of nitriles is 1. The number of aliphatic hydroxyl groups is 1. The fourth-order valence-corrected chi connectivity index (χ4v) is 1.99. The predicted molar refractivity (Wildman–Crippen MR) is 62.8 cm³/mol. The number of nitrogens with zero attached hydrogens (tertiary/aromatic N) is 3. The van der Waals surface area contributed by atoms with Crippen molar-refractivity contribution in [3.8, 4) is 6.07 Å². The summed E-state index contributed by atoms with van der Waals surface area (Å²) in [5, 5.41) is 20.9. The Kier molecular flexibility index (Phi) is 3.60. The van der Waals surface area contributed by atoms with Gasteiger partial charge in [-0.05, 0) is 12.5 Å². The maximum atomic E-state index is 11.8. The van der Waals surface area contributed by atoms with Crippen molar-refractivity contribution in [3.05, 3.63) is 22.7 Å². The second-order valence-corrected chi connectivity index (χ2v) is 4.06. The van der Waals surface area contributed by atoms with E-state index in [0.29, 0.717) is 12.2 Å². The Labute approximate surface area is 104 Å². The lowest BCUT2D eigenvalue weighted by atomic mass is 10.1. The molecule has 0 saturated carbocycles. The van der Waals surface area contributed by atoms with Gasteiger partial charge in [0, 0.05) is 13.2 Å². The van der Waals surface area contributed by atoms with Crippen LogP contribution in [0.1, 0.15) is 12.6 Å².